The molecular weight excluding hydrogens is 430 g/mol. The SMILES string of the molecule is COc1c(-c2cc(C3(OC)CCN(Cc4nc(C)c5ccccc5n4)CC3)[nH]n2)c(C)nn1C. The van der Waals surface area contributed by atoms with Crippen LogP contribution in [0.2, 0.25) is 0 Å². The van der Waals surface area contributed by atoms with Crippen LogP contribution in [-0.4, -0.2) is 62.2 Å². The van der Waals surface area contributed by atoms with Crippen LogP contribution in [0.15, 0.2) is 30.3 Å². The van der Waals surface area contributed by atoms with Crippen molar-refractivity contribution in [3.63, 3.8) is 0 Å². The molecule has 9 nitrogen and oxygen atoms in total. The first kappa shape index (κ1) is 22.5. The molecule has 0 spiro atoms. The van der Waals surface area contributed by atoms with Gasteiger partial charge >= 0.3 is 0 Å². The zero-order valence-corrected chi connectivity index (χ0v) is 20.4. The molecule has 178 valence electrons. The van der Waals surface area contributed by atoms with Crippen molar-refractivity contribution in [2.24, 2.45) is 7.05 Å². The fourth-order valence-electron chi connectivity index (χ4n) is 5.07. The van der Waals surface area contributed by atoms with Crippen LogP contribution in [0.3, 0.4) is 0 Å². The van der Waals surface area contributed by atoms with Gasteiger partial charge in [-0.15, -0.1) is 0 Å². The predicted molar refractivity (Wildman–Crippen MR) is 130 cm³/mol. The third-order valence-electron chi connectivity index (χ3n) is 6.95. The molecule has 3 aromatic heterocycles. The summed E-state index contributed by atoms with van der Waals surface area (Å²) in [6.07, 6.45) is 1.70. The van der Waals surface area contributed by atoms with Crippen molar-refractivity contribution in [1.29, 1.82) is 0 Å². The molecule has 0 amide bonds. The number of H-pyrrole nitrogens is 1. The Labute approximate surface area is 199 Å². The summed E-state index contributed by atoms with van der Waals surface area (Å²) in [5, 5.41) is 13.4. The first-order valence-corrected chi connectivity index (χ1v) is 11.6. The van der Waals surface area contributed by atoms with Crippen LogP contribution in [0.4, 0.5) is 0 Å². The lowest BCUT2D eigenvalue weighted by molar-refractivity contribution is -0.0671. The first-order chi connectivity index (χ1) is 16.4. The van der Waals surface area contributed by atoms with Crippen molar-refractivity contribution in [3.8, 4) is 17.1 Å². The molecule has 1 fully saturated rings. The third-order valence-corrected chi connectivity index (χ3v) is 6.95. The second-order valence-electron chi connectivity index (χ2n) is 8.98. The van der Waals surface area contributed by atoms with Gasteiger partial charge in [0, 0.05) is 38.3 Å². The summed E-state index contributed by atoms with van der Waals surface area (Å²) < 4.78 is 13.4. The van der Waals surface area contributed by atoms with Crippen LogP contribution in [-0.2, 0) is 23.9 Å². The number of aromatic nitrogens is 6. The van der Waals surface area contributed by atoms with Crippen molar-refractivity contribution in [2.45, 2.75) is 38.8 Å². The quantitative estimate of drug-likeness (QED) is 0.469. The highest BCUT2D eigenvalue weighted by Crippen LogP contribution is 2.39. The molecule has 0 aliphatic carbocycles. The van der Waals surface area contributed by atoms with Crippen LogP contribution >= 0.6 is 0 Å². The Kier molecular flexibility index (Phi) is 5.83. The number of methoxy groups -OCH3 is 2. The van der Waals surface area contributed by atoms with E-state index in [1.165, 1.54) is 0 Å². The van der Waals surface area contributed by atoms with Crippen molar-refractivity contribution < 1.29 is 9.47 Å². The van der Waals surface area contributed by atoms with Crippen molar-refractivity contribution >= 4 is 10.9 Å². The van der Waals surface area contributed by atoms with Gasteiger partial charge < -0.3 is 9.47 Å². The van der Waals surface area contributed by atoms with E-state index in [9.17, 15) is 0 Å². The van der Waals surface area contributed by atoms with Gasteiger partial charge in [-0.1, -0.05) is 18.2 Å². The van der Waals surface area contributed by atoms with Gasteiger partial charge in [-0.05, 0) is 38.8 Å². The van der Waals surface area contributed by atoms with E-state index in [0.29, 0.717) is 5.88 Å². The van der Waals surface area contributed by atoms with Gasteiger partial charge in [-0.2, -0.15) is 10.2 Å². The molecule has 1 aliphatic rings. The second-order valence-corrected chi connectivity index (χ2v) is 8.98. The zero-order chi connectivity index (χ0) is 23.9. The van der Waals surface area contributed by atoms with Gasteiger partial charge in [0.2, 0.25) is 5.88 Å². The van der Waals surface area contributed by atoms with E-state index in [1.807, 2.05) is 26.1 Å². The summed E-state index contributed by atoms with van der Waals surface area (Å²) in [6, 6.07) is 10.2. The van der Waals surface area contributed by atoms with Crippen molar-refractivity contribution in [2.75, 3.05) is 27.3 Å². The number of hydrogen-bond acceptors (Lipinski definition) is 7. The minimum absolute atomic E-state index is 0.411. The topological polar surface area (TPSA) is 94.0 Å². The molecule has 0 bridgehead atoms. The number of para-hydroxylation sites is 1. The highest BCUT2D eigenvalue weighted by atomic mass is 16.5. The molecule has 0 unspecified atom stereocenters. The monoisotopic (exact) mass is 461 g/mol. The van der Waals surface area contributed by atoms with E-state index in [0.717, 1.165) is 77.5 Å². The van der Waals surface area contributed by atoms with Crippen LogP contribution in [0.25, 0.3) is 22.2 Å². The maximum absolute atomic E-state index is 6.10. The van der Waals surface area contributed by atoms with E-state index in [-0.39, 0.29) is 0 Å². The number of piperidine rings is 1. The molecule has 1 N–H and O–H groups in total. The average molecular weight is 462 g/mol. The number of ether oxygens (including phenoxy) is 2. The lowest BCUT2D eigenvalue weighted by Gasteiger charge is -2.39. The lowest BCUT2D eigenvalue weighted by Crippen LogP contribution is -2.43. The first-order valence-electron chi connectivity index (χ1n) is 11.6. The molecule has 0 saturated carbocycles. The summed E-state index contributed by atoms with van der Waals surface area (Å²) in [6.45, 7) is 6.51. The number of aryl methyl sites for hydroxylation is 3. The van der Waals surface area contributed by atoms with Gasteiger partial charge in [-0.3, -0.25) is 10.00 Å². The Morgan fingerprint density at radius 2 is 1.82 bits per heavy atom. The summed E-state index contributed by atoms with van der Waals surface area (Å²) in [7, 11) is 5.30. The Bertz CT molecular complexity index is 1320. The molecule has 34 heavy (non-hydrogen) atoms. The molecule has 4 aromatic rings. The molecule has 1 aliphatic heterocycles. The molecule has 1 saturated heterocycles. The molecular formula is C25H31N7O2. The summed E-state index contributed by atoms with van der Waals surface area (Å²) in [5.74, 6) is 1.56. The lowest BCUT2D eigenvalue weighted by atomic mass is 9.87. The fourth-order valence-corrected chi connectivity index (χ4v) is 5.07. The summed E-state index contributed by atoms with van der Waals surface area (Å²) in [5.41, 5.74) is 5.19. The molecule has 0 radical (unpaired) electrons. The van der Waals surface area contributed by atoms with Crippen LogP contribution in [0, 0.1) is 13.8 Å². The summed E-state index contributed by atoms with van der Waals surface area (Å²) >= 11 is 0. The van der Waals surface area contributed by atoms with E-state index >= 15 is 0 Å². The van der Waals surface area contributed by atoms with E-state index < -0.39 is 5.60 Å². The van der Waals surface area contributed by atoms with Crippen LogP contribution in [0.1, 0.15) is 35.7 Å². The number of nitrogens with zero attached hydrogens (tertiary/aromatic N) is 6. The minimum atomic E-state index is -0.411. The predicted octanol–water partition coefficient (Wildman–Crippen LogP) is 3.52. The number of benzene rings is 1. The largest absolute Gasteiger partial charge is 0.481 e. The normalized spacial score (nSPS) is 16.3. The number of nitrogens with one attached hydrogen (secondary N) is 1. The second kappa shape index (κ2) is 8.81. The fraction of sp³-hybridized carbons (Fsp3) is 0.440. The Morgan fingerprint density at radius 3 is 2.56 bits per heavy atom. The minimum Gasteiger partial charge on any atom is -0.481 e. The highest BCUT2D eigenvalue weighted by molar-refractivity contribution is 5.80. The van der Waals surface area contributed by atoms with E-state index in [2.05, 4.69) is 45.3 Å². The van der Waals surface area contributed by atoms with Crippen molar-refractivity contribution in [3.05, 3.63) is 53.2 Å². The van der Waals surface area contributed by atoms with Crippen LogP contribution < -0.4 is 4.74 Å². The van der Waals surface area contributed by atoms with E-state index in [1.54, 1.807) is 18.9 Å². The molecule has 5 rings (SSSR count). The molecule has 0 atom stereocenters. The summed E-state index contributed by atoms with van der Waals surface area (Å²) in [4.78, 5) is 11.9. The third kappa shape index (κ3) is 3.84. The van der Waals surface area contributed by atoms with Gasteiger partial charge in [0.05, 0.1) is 41.8 Å². The van der Waals surface area contributed by atoms with Crippen molar-refractivity contribution in [1.82, 2.24) is 34.8 Å². The number of likely N-dealkylation sites (tertiary alicyclic amines) is 1. The van der Waals surface area contributed by atoms with E-state index in [4.69, 9.17) is 19.4 Å². The Hall–Kier alpha value is -3.30. The highest BCUT2D eigenvalue weighted by Gasteiger charge is 2.38. The van der Waals surface area contributed by atoms with Gasteiger partial charge in [-0.25, -0.2) is 14.6 Å². The maximum Gasteiger partial charge on any atom is 0.221 e. The molecule has 1 aromatic carbocycles. The number of aromatic amines is 1. The average Bonchev–Trinajstić information content (AvgIpc) is 3.43. The maximum atomic E-state index is 6.10. The smallest absolute Gasteiger partial charge is 0.221 e. The van der Waals surface area contributed by atoms with Crippen LogP contribution in [0.5, 0.6) is 5.88 Å². The Balaban J connectivity index is 1.33. The van der Waals surface area contributed by atoms with Gasteiger partial charge in [0.15, 0.2) is 0 Å². The standard InChI is InChI=1S/C25H31N7O2/c1-16-18-8-6-7-9-19(18)27-22(26-16)15-32-12-10-25(34-5,11-13-32)21-14-20(28-29-21)23-17(2)30-31(3)24(23)33-4/h6-9,14H,10-13,15H2,1-5H3,(H,28,29). The number of fused-ring (bicyclic) bond motifs is 1. The molecule has 4 heterocycles. The molecule has 9 heteroatoms. The number of rotatable bonds is 6. The Morgan fingerprint density at radius 1 is 1.06 bits per heavy atom. The van der Waals surface area contributed by atoms with Gasteiger partial charge in [0.25, 0.3) is 0 Å². The zero-order valence-electron chi connectivity index (χ0n) is 20.4. The number of hydrogen-bond donors (Lipinski definition) is 1. The van der Waals surface area contributed by atoms with Gasteiger partial charge in [0.1, 0.15) is 11.4 Å².